The summed E-state index contributed by atoms with van der Waals surface area (Å²) in [6.45, 7) is 10.6. The molecule has 0 spiro atoms. The number of hydrogen-bond donors (Lipinski definition) is 1. The highest BCUT2D eigenvalue weighted by atomic mass is 19.1. The molecule has 0 fully saturated rings. The van der Waals surface area contributed by atoms with Crippen LogP contribution in [-0.4, -0.2) is 12.6 Å². The Morgan fingerprint density at radius 1 is 1.25 bits per heavy atom. The van der Waals surface area contributed by atoms with Crippen LogP contribution in [0.5, 0.6) is 0 Å². The molecule has 0 amide bonds. The average Bonchev–Trinajstić information content (AvgIpc) is 2.38. The van der Waals surface area contributed by atoms with E-state index in [1.807, 2.05) is 19.1 Å². The minimum atomic E-state index is -0.180. The van der Waals surface area contributed by atoms with Crippen LogP contribution in [0.3, 0.4) is 0 Å². The van der Waals surface area contributed by atoms with Gasteiger partial charge in [0.1, 0.15) is 5.82 Å². The maximum absolute atomic E-state index is 13.8. The van der Waals surface area contributed by atoms with Crippen molar-refractivity contribution in [2.45, 2.75) is 59.8 Å². The molecule has 0 aliphatic heterocycles. The summed E-state index contributed by atoms with van der Waals surface area (Å²) in [7, 11) is 0. The van der Waals surface area contributed by atoms with Crippen molar-refractivity contribution < 1.29 is 9.13 Å². The van der Waals surface area contributed by atoms with E-state index >= 15 is 0 Å². The molecule has 1 aromatic carbocycles. The highest BCUT2D eigenvalue weighted by Gasteiger charge is 2.09. The molecule has 1 atom stereocenters. The largest absolute Gasteiger partial charge is 0.374 e. The van der Waals surface area contributed by atoms with Gasteiger partial charge in [-0.15, -0.1) is 0 Å². The van der Waals surface area contributed by atoms with Crippen molar-refractivity contribution in [3.05, 3.63) is 35.1 Å². The van der Waals surface area contributed by atoms with Gasteiger partial charge in [-0.25, -0.2) is 4.39 Å². The van der Waals surface area contributed by atoms with Crippen LogP contribution in [-0.2, 0) is 17.9 Å². The van der Waals surface area contributed by atoms with Crippen molar-refractivity contribution in [1.82, 2.24) is 5.32 Å². The van der Waals surface area contributed by atoms with E-state index in [1.54, 1.807) is 0 Å². The average molecular weight is 281 g/mol. The Morgan fingerprint density at radius 2 is 2.00 bits per heavy atom. The predicted molar refractivity (Wildman–Crippen MR) is 82.1 cm³/mol. The van der Waals surface area contributed by atoms with Gasteiger partial charge in [-0.3, -0.25) is 0 Å². The van der Waals surface area contributed by atoms with Crippen LogP contribution >= 0.6 is 0 Å². The maximum Gasteiger partial charge on any atom is 0.128 e. The number of benzene rings is 1. The molecule has 0 aromatic heterocycles. The van der Waals surface area contributed by atoms with Gasteiger partial charge in [0, 0.05) is 12.1 Å². The molecule has 0 saturated carbocycles. The van der Waals surface area contributed by atoms with E-state index in [1.165, 1.54) is 6.07 Å². The molecule has 1 aromatic rings. The second-order valence-electron chi connectivity index (χ2n) is 5.85. The van der Waals surface area contributed by atoms with Crippen molar-refractivity contribution in [2.75, 3.05) is 6.54 Å². The molecule has 1 rings (SSSR count). The van der Waals surface area contributed by atoms with Gasteiger partial charge in [0.25, 0.3) is 0 Å². The summed E-state index contributed by atoms with van der Waals surface area (Å²) in [4.78, 5) is 0. The lowest BCUT2D eigenvalue weighted by molar-refractivity contribution is 0.0382. The second kappa shape index (κ2) is 9.09. The first-order chi connectivity index (χ1) is 9.52. The number of ether oxygens (including phenoxy) is 1. The van der Waals surface area contributed by atoms with E-state index < -0.39 is 0 Å². The monoisotopic (exact) mass is 281 g/mol. The lowest BCUT2D eigenvalue weighted by Crippen LogP contribution is -2.15. The first kappa shape index (κ1) is 17.1. The van der Waals surface area contributed by atoms with Gasteiger partial charge in [0.05, 0.1) is 12.7 Å². The topological polar surface area (TPSA) is 21.3 Å². The first-order valence-electron chi connectivity index (χ1n) is 7.62. The molecule has 114 valence electrons. The van der Waals surface area contributed by atoms with Crippen LogP contribution in [0.4, 0.5) is 4.39 Å². The summed E-state index contributed by atoms with van der Waals surface area (Å²) < 4.78 is 19.5. The maximum atomic E-state index is 13.8. The summed E-state index contributed by atoms with van der Waals surface area (Å²) in [6, 6.07) is 5.27. The Labute approximate surface area is 122 Å². The van der Waals surface area contributed by atoms with Gasteiger partial charge in [-0.1, -0.05) is 26.8 Å². The minimum absolute atomic E-state index is 0.163. The third kappa shape index (κ3) is 6.49. The van der Waals surface area contributed by atoms with Crippen molar-refractivity contribution in [3.8, 4) is 0 Å². The molecule has 0 radical (unpaired) electrons. The molecule has 0 bridgehead atoms. The zero-order valence-corrected chi connectivity index (χ0v) is 13.2. The minimum Gasteiger partial charge on any atom is -0.374 e. The summed E-state index contributed by atoms with van der Waals surface area (Å²) in [5.41, 5.74) is 1.76. The smallest absolute Gasteiger partial charge is 0.128 e. The molecular formula is C17H28FNO. The van der Waals surface area contributed by atoms with E-state index in [9.17, 15) is 4.39 Å². The summed E-state index contributed by atoms with van der Waals surface area (Å²) in [5.74, 6) is 0.417. The number of hydrogen-bond acceptors (Lipinski definition) is 2. The van der Waals surface area contributed by atoms with Crippen molar-refractivity contribution >= 4 is 0 Å². The van der Waals surface area contributed by atoms with E-state index in [0.29, 0.717) is 18.1 Å². The van der Waals surface area contributed by atoms with Gasteiger partial charge in [-0.05, 0) is 49.9 Å². The molecule has 20 heavy (non-hydrogen) atoms. The van der Waals surface area contributed by atoms with Crippen LogP contribution in [0.15, 0.2) is 18.2 Å². The quantitative estimate of drug-likeness (QED) is 0.682. The van der Waals surface area contributed by atoms with Crippen LogP contribution in [0, 0.1) is 11.7 Å². The second-order valence-corrected chi connectivity index (χ2v) is 5.85. The first-order valence-corrected chi connectivity index (χ1v) is 7.62. The van der Waals surface area contributed by atoms with Gasteiger partial charge in [0.15, 0.2) is 0 Å². The lowest BCUT2D eigenvalue weighted by atomic mass is 10.1. The molecule has 3 heteroatoms. The van der Waals surface area contributed by atoms with Gasteiger partial charge >= 0.3 is 0 Å². The number of nitrogens with one attached hydrogen (secondary N) is 1. The predicted octanol–water partition coefficient (Wildman–Crippen LogP) is 4.28. The van der Waals surface area contributed by atoms with Crippen molar-refractivity contribution in [1.29, 1.82) is 0 Å². The molecule has 1 unspecified atom stereocenters. The molecule has 0 heterocycles. The Balaban J connectivity index is 2.53. The Bertz CT molecular complexity index is 393. The van der Waals surface area contributed by atoms with Crippen LogP contribution in [0.25, 0.3) is 0 Å². The Morgan fingerprint density at radius 3 is 2.65 bits per heavy atom. The normalized spacial score (nSPS) is 12.9. The molecule has 2 nitrogen and oxygen atoms in total. The highest BCUT2D eigenvalue weighted by Crippen LogP contribution is 2.15. The van der Waals surface area contributed by atoms with E-state index in [2.05, 4.69) is 26.1 Å². The van der Waals surface area contributed by atoms with E-state index in [4.69, 9.17) is 4.74 Å². The lowest BCUT2D eigenvalue weighted by Gasteiger charge is -2.16. The van der Waals surface area contributed by atoms with Crippen LogP contribution in [0.1, 0.15) is 51.7 Å². The fourth-order valence-corrected chi connectivity index (χ4v) is 2.22. The van der Waals surface area contributed by atoms with Gasteiger partial charge < -0.3 is 10.1 Å². The zero-order valence-electron chi connectivity index (χ0n) is 13.2. The summed E-state index contributed by atoms with van der Waals surface area (Å²) in [5, 5.41) is 3.33. The molecule has 0 aliphatic rings. The highest BCUT2D eigenvalue weighted by molar-refractivity contribution is 5.24. The fourth-order valence-electron chi connectivity index (χ4n) is 2.22. The van der Waals surface area contributed by atoms with Crippen molar-refractivity contribution in [3.63, 3.8) is 0 Å². The molecule has 0 saturated heterocycles. The summed E-state index contributed by atoms with van der Waals surface area (Å²) in [6.07, 6.45) is 2.26. The standard InChI is InChI=1S/C17H28FNO/c1-5-8-19-11-15-6-7-17(18)16(10-15)12-20-14(4)9-13(2)3/h6-7,10,13-14,19H,5,8-9,11-12H2,1-4H3. The third-order valence-corrected chi connectivity index (χ3v) is 3.19. The van der Waals surface area contributed by atoms with Crippen molar-refractivity contribution in [2.24, 2.45) is 5.92 Å². The van der Waals surface area contributed by atoms with Crippen LogP contribution in [0.2, 0.25) is 0 Å². The number of rotatable bonds is 9. The van der Waals surface area contributed by atoms with Crippen LogP contribution < -0.4 is 5.32 Å². The SMILES string of the molecule is CCCNCc1ccc(F)c(COC(C)CC(C)C)c1. The molecular weight excluding hydrogens is 253 g/mol. The van der Waals surface area contributed by atoms with E-state index in [0.717, 1.165) is 31.5 Å². The molecule has 0 aliphatic carbocycles. The zero-order chi connectivity index (χ0) is 15.0. The summed E-state index contributed by atoms with van der Waals surface area (Å²) >= 11 is 0. The van der Waals surface area contributed by atoms with Gasteiger partial charge in [-0.2, -0.15) is 0 Å². The fraction of sp³-hybridized carbons (Fsp3) is 0.647. The van der Waals surface area contributed by atoms with E-state index in [-0.39, 0.29) is 11.9 Å². The number of halogens is 1. The Hall–Kier alpha value is -0.930. The third-order valence-electron chi connectivity index (χ3n) is 3.19. The molecule has 1 N–H and O–H groups in total. The Kier molecular flexibility index (Phi) is 7.78. The van der Waals surface area contributed by atoms with Gasteiger partial charge in [0.2, 0.25) is 0 Å².